The number of allylic oxidation sites excluding steroid dienone is 1. The summed E-state index contributed by atoms with van der Waals surface area (Å²) in [7, 11) is -7.37. The van der Waals surface area contributed by atoms with Crippen LogP contribution in [0.4, 0.5) is 0 Å². The normalized spacial score (nSPS) is 21.0. The van der Waals surface area contributed by atoms with Crippen LogP contribution in [0.25, 0.3) is 0 Å². The lowest BCUT2D eigenvalue weighted by Gasteiger charge is -2.45. The molecule has 0 bridgehead atoms. The maximum absolute atomic E-state index is 12.8. The van der Waals surface area contributed by atoms with Crippen LogP contribution in [-0.4, -0.2) is 57.6 Å². The number of carboxylic acids is 1. The van der Waals surface area contributed by atoms with Gasteiger partial charge in [-0.15, -0.1) is 11.1 Å². The van der Waals surface area contributed by atoms with Crippen molar-refractivity contribution in [3.63, 3.8) is 0 Å². The molecule has 6 nitrogen and oxygen atoms in total. The molecule has 2 aliphatic heterocycles. The average molecular weight is 436 g/mol. The summed E-state index contributed by atoms with van der Waals surface area (Å²) in [6.45, 7) is 13.6. The summed E-state index contributed by atoms with van der Waals surface area (Å²) in [5.41, 5.74) is 6.39. The molecule has 9 heteroatoms. The van der Waals surface area contributed by atoms with Crippen molar-refractivity contribution in [2.24, 2.45) is 0 Å². The molecule has 0 aromatic carbocycles. The Morgan fingerprint density at radius 2 is 1.54 bits per heavy atom. The number of rotatable bonds is 1. The monoisotopic (exact) mass is 435 g/mol. The van der Waals surface area contributed by atoms with Gasteiger partial charge >= 0.3 is 5.97 Å². The largest absolute Gasteiger partial charge is 0.477 e. The van der Waals surface area contributed by atoms with Crippen LogP contribution in [0.1, 0.15) is 6.92 Å². The summed E-state index contributed by atoms with van der Waals surface area (Å²) in [4.78, 5) is 25.3. The Bertz CT molecular complexity index is 1010. The fourth-order valence-electron chi connectivity index (χ4n) is 2.80. The zero-order valence-electron chi connectivity index (χ0n) is 17.2. The van der Waals surface area contributed by atoms with Crippen molar-refractivity contribution in [1.29, 1.82) is 0 Å². The van der Waals surface area contributed by atoms with Gasteiger partial charge in [-0.2, -0.15) is 0 Å². The lowest BCUT2D eigenvalue weighted by molar-refractivity contribution is -0.141. The first-order valence-electron chi connectivity index (χ1n) is 8.84. The third-order valence-corrected chi connectivity index (χ3v) is 7.64. The fourth-order valence-corrected chi connectivity index (χ4v) is 5.80. The first kappa shape index (κ1) is 22.2. The molecule has 2 aliphatic rings. The molecule has 28 heavy (non-hydrogen) atoms. The van der Waals surface area contributed by atoms with Crippen LogP contribution in [0.3, 0.4) is 0 Å². The molecule has 0 unspecified atom stereocenters. The second-order valence-electron chi connectivity index (χ2n) is 9.06. The number of hydrogen-bond donors (Lipinski definition) is 1. The Kier molecular flexibility index (Phi) is 5.61. The van der Waals surface area contributed by atoms with Gasteiger partial charge in [-0.25, -0.2) is 13.2 Å². The summed E-state index contributed by atoms with van der Waals surface area (Å²) in [5, 5.41) is 8.13. The van der Waals surface area contributed by atoms with E-state index >= 15 is 0 Å². The van der Waals surface area contributed by atoms with E-state index in [1.807, 2.05) is 39.3 Å². The van der Waals surface area contributed by atoms with Crippen LogP contribution >= 0.6 is 0 Å². The molecule has 0 aromatic rings. The minimum Gasteiger partial charge on any atom is -0.477 e. The number of nitrogens with zero attached hydrogens (tertiary/aromatic N) is 1. The van der Waals surface area contributed by atoms with Crippen molar-refractivity contribution in [2.75, 3.05) is 5.75 Å². The van der Waals surface area contributed by atoms with Gasteiger partial charge in [0.05, 0.1) is 16.9 Å². The number of carboxylic acid groups (broad SMARTS) is 1. The second-order valence-corrected chi connectivity index (χ2v) is 20.6. The molecule has 0 spiro atoms. The Morgan fingerprint density at radius 3 is 1.93 bits per heavy atom. The van der Waals surface area contributed by atoms with E-state index in [-0.39, 0.29) is 22.4 Å². The summed E-state index contributed by atoms with van der Waals surface area (Å²) in [6, 6.07) is 0. The van der Waals surface area contributed by atoms with E-state index in [0.717, 1.165) is 4.90 Å². The quantitative estimate of drug-likeness (QED) is 0.294. The number of carbonyl (C=O) groups is 2. The van der Waals surface area contributed by atoms with Crippen LogP contribution in [0.15, 0.2) is 22.4 Å². The number of hydrogen-bond acceptors (Lipinski definition) is 4. The summed E-state index contributed by atoms with van der Waals surface area (Å²) >= 11 is 0. The molecular weight excluding hydrogens is 410 g/mol. The highest BCUT2D eigenvalue weighted by Gasteiger charge is 2.57. The topological polar surface area (TPSA) is 91.8 Å². The molecule has 1 atom stereocenters. The molecule has 0 aliphatic carbocycles. The number of aliphatic carboxylic acids is 1. The van der Waals surface area contributed by atoms with Crippen molar-refractivity contribution in [3.05, 3.63) is 22.4 Å². The minimum absolute atomic E-state index is 0.00255. The number of fused-ring (bicyclic) bond motifs is 1. The average Bonchev–Trinajstić information content (AvgIpc) is 2.47. The predicted octanol–water partition coefficient (Wildman–Crippen LogP) is 2.00. The maximum Gasteiger partial charge on any atom is 0.352 e. The second kappa shape index (κ2) is 7.07. The Morgan fingerprint density at radius 1 is 1.07 bits per heavy atom. The van der Waals surface area contributed by atoms with E-state index in [2.05, 4.69) is 22.9 Å². The molecule has 0 saturated carbocycles. The molecule has 0 aromatic heterocycles. The Hall–Kier alpha value is -2.08. The Balaban J connectivity index is 2.74. The molecule has 1 fully saturated rings. The van der Waals surface area contributed by atoms with Gasteiger partial charge in [0.25, 0.3) is 5.91 Å². The lowest BCUT2D eigenvalue weighted by Crippen LogP contribution is -2.62. The van der Waals surface area contributed by atoms with Gasteiger partial charge in [-0.05, 0) is 12.5 Å². The van der Waals surface area contributed by atoms with Gasteiger partial charge in [-0.1, -0.05) is 51.1 Å². The van der Waals surface area contributed by atoms with Crippen LogP contribution in [0.5, 0.6) is 0 Å². The van der Waals surface area contributed by atoms with Gasteiger partial charge in [0.2, 0.25) is 0 Å². The molecule has 2 heterocycles. The number of sulfone groups is 1. The molecule has 2 rings (SSSR count). The van der Waals surface area contributed by atoms with Gasteiger partial charge in [0.15, 0.2) is 15.2 Å². The van der Waals surface area contributed by atoms with E-state index in [9.17, 15) is 23.1 Å². The van der Waals surface area contributed by atoms with Crippen LogP contribution < -0.4 is 0 Å². The summed E-state index contributed by atoms with van der Waals surface area (Å²) in [6.07, 6.45) is 0. The highest BCUT2D eigenvalue weighted by molar-refractivity contribution is 7.92. The molecule has 0 radical (unpaired) electrons. The predicted molar refractivity (Wildman–Crippen MR) is 114 cm³/mol. The van der Waals surface area contributed by atoms with Gasteiger partial charge < -0.3 is 5.11 Å². The summed E-state index contributed by atoms with van der Waals surface area (Å²) in [5.74, 6) is 3.55. The van der Waals surface area contributed by atoms with E-state index < -0.39 is 49.0 Å². The third kappa shape index (κ3) is 4.49. The molecule has 150 valence electrons. The van der Waals surface area contributed by atoms with Crippen molar-refractivity contribution in [3.8, 4) is 22.9 Å². The standard InChI is InChI=1S/C19H25NO5SSi2/c1-13-12-26(24,25)18-15(17(21)20(18)16(13)19(22)23)14(8-10-27(2,3)4)9-11-28(5,6)7/h18H,12H2,1-7H3,(H,22,23)/t18-/m1/s1. The third-order valence-electron chi connectivity index (χ3n) is 3.93. The van der Waals surface area contributed by atoms with Crippen LogP contribution in [0, 0.1) is 22.9 Å². The highest BCUT2D eigenvalue weighted by atomic mass is 32.2. The van der Waals surface area contributed by atoms with Crippen molar-refractivity contribution in [1.82, 2.24) is 4.90 Å². The van der Waals surface area contributed by atoms with E-state index in [0.29, 0.717) is 0 Å². The van der Waals surface area contributed by atoms with Crippen LogP contribution in [0.2, 0.25) is 39.3 Å². The zero-order chi connectivity index (χ0) is 21.7. The first-order chi connectivity index (χ1) is 12.6. The van der Waals surface area contributed by atoms with Crippen LogP contribution in [-0.2, 0) is 19.4 Å². The van der Waals surface area contributed by atoms with Gasteiger partial charge in [-0.3, -0.25) is 9.69 Å². The van der Waals surface area contributed by atoms with E-state index in [1.165, 1.54) is 6.92 Å². The van der Waals surface area contributed by atoms with Crippen molar-refractivity contribution < 1.29 is 23.1 Å². The molecule has 1 saturated heterocycles. The number of carbonyl (C=O) groups excluding carboxylic acids is 1. The van der Waals surface area contributed by atoms with E-state index in [1.54, 1.807) is 0 Å². The first-order valence-corrected chi connectivity index (χ1v) is 17.6. The molecule has 1 N–H and O–H groups in total. The fraction of sp³-hybridized carbons (Fsp3) is 0.474. The lowest BCUT2D eigenvalue weighted by atomic mass is 9.97. The van der Waals surface area contributed by atoms with Gasteiger partial charge in [0, 0.05) is 0 Å². The van der Waals surface area contributed by atoms with Crippen molar-refractivity contribution in [2.45, 2.75) is 51.6 Å². The maximum atomic E-state index is 12.8. The molecule has 1 amide bonds. The smallest absolute Gasteiger partial charge is 0.352 e. The summed E-state index contributed by atoms with van der Waals surface area (Å²) < 4.78 is 25.5. The SMILES string of the molecule is CC1=C(C(=O)O)N2C(=O)C(=C(C#C[Si](C)(C)C)C#C[Si](C)(C)C)[C@H]2S(=O)(=O)C1. The molecular formula is C19H25NO5SSi2. The minimum atomic E-state index is -3.76. The van der Waals surface area contributed by atoms with E-state index in [4.69, 9.17) is 0 Å². The number of β-lactam (4-membered cyclic amide) rings is 1. The van der Waals surface area contributed by atoms with Crippen molar-refractivity contribution >= 4 is 37.9 Å². The highest BCUT2D eigenvalue weighted by Crippen LogP contribution is 2.41. The van der Waals surface area contributed by atoms with Gasteiger partial charge in [0.1, 0.15) is 21.8 Å². The Labute approximate surface area is 168 Å². The zero-order valence-corrected chi connectivity index (χ0v) is 20.0. The number of amides is 1.